The molecule has 2 rings (SSSR count). The first-order valence-corrected chi connectivity index (χ1v) is 8.32. The monoisotopic (exact) mass is 361 g/mol. The average Bonchev–Trinajstić information content (AvgIpc) is 2.61. The predicted molar refractivity (Wildman–Crippen MR) is 97.0 cm³/mol. The molecule has 1 aliphatic rings. The SMILES string of the molecule is CN=CC(=NN)C(=O)NC1CCC(Oc2ccc(C#N)c(Cl)c2)CC1. The second-order valence-electron chi connectivity index (χ2n) is 5.72. The van der Waals surface area contributed by atoms with Gasteiger partial charge in [0.2, 0.25) is 0 Å². The molecule has 1 aromatic carbocycles. The lowest BCUT2D eigenvalue weighted by atomic mass is 9.92. The highest BCUT2D eigenvalue weighted by Crippen LogP contribution is 2.27. The van der Waals surface area contributed by atoms with E-state index in [1.54, 1.807) is 25.2 Å². The minimum Gasteiger partial charge on any atom is -0.490 e. The van der Waals surface area contributed by atoms with Gasteiger partial charge in [-0.25, -0.2) is 0 Å². The molecule has 0 atom stereocenters. The van der Waals surface area contributed by atoms with Crippen molar-refractivity contribution in [3.63, 3.8) is 0 Å². The van der Waals surface area contributed by atoms with Crippen molar-refractivity contribution >= 4 is 29.4 Å². The molecule has 0 heterocycles. The number of aliphatic imine (C=N–C) groups is 1. The third-order valence-corrected chi connectivity index (χ3v) is 4.31. The molecule has 0 radical (unpaired) electrons. The van der Waals surface area contributed by atoms with E-state index in [0.717, 1.165) is 25.7 Å². The average molecular weight is 362 g/mol. The molecule has 0 aromatic heterocycles. The number of nitrogens with two attached hydrogens (primary N) is 1. The van der Waals surface area contributed by atoms with Gasteiger partial charge in [-0.15, -0.1) is 0 Å². The van der Waals surface area contributed by atoms with Gasteiger partial charge in [-0.1, -0.05) is 11.6 Å². The fourth-order valence-corrected chi connectivity index (χ4v) is 2.92. The van der Waals surface area contributed by atoms with Gasteiger partial charge < -0.3 is 15.9 Å². The molecule has 1 saturated carbocycles. The Morgan fingerprint density at radius 2 is 2.16 bits per heavy atom. The van der Waals surface area contributed by atoms with Crippen LogP contribution in [0.15, 0.2) is 28.3 Å². The zero-order chi connectivity index (χ0) is 18.2. The van der Waals surface area contributed by atoms with Crippen LogP contribution in [0.4, 0.5) is 0 Å². The molecule has 0 saturated heterocycles. The van der Waals surface area contributed by atoms with Gasteiger partial charge in [0.1, 0.15) is 11.8 Å². The number of nitrogens with one attached hydrogen (secondary N) is 1. The number of hydrogen-bond donors (Lipinski definition) is 2. The molecule has 1 aliphatic carbocycles. The minimum absolute atomic E-state index is 0.0528. The van der Waals surface area contributed by atoms with Crippen molar-refractivity contribution in [1.29, 1.82) is 5.26 Å². The van der Waals surface area contributed by atoms with Crippen molar-refractivity contribution in [2.45, 2.75) is 37.8 Å². The molecule has 1 fully saturated rings. The molecule has 0 aliphatic heterocycles. The van der Waals surface area contributed by atoms with Crippen LogP contribution < -0.4 is 15.9 Å². The normalized spacial score (nSPS) is 20.9. The number of nitriles is 1. The van der Waals surface area contributed by atoms with Crippen molar-refractivity contribution in [2.24, 2.45) is 15.9 Å². The first-order valence-electron chi connectivity index (χ1n) is 7.94. The highest BCUT2D eigenvalue weighted by Gasteiger charge is 2.24. The van der Waals surface area contributed by atoms with Crippen molar-refractivity contribution in [1.82, 2.24) is 5.32 Å². The molecule has 25 heavy (non-hydrogen) atoms. The van der Waals surface area contributed by atoms with Crippen molar-refractivity contribution in [3.8, 4) is 11.8 Å². The summed E-state index contributed by atoms with van der Waals surface area (Å²) in [5.41, 5.74) is 0.529. The summed E-state index contributed by atoms with van der Waals surface area (Å²) in [7, 11) is 1.55. The summed E-state index contributed by atoms with van der Waals surface area (Å²) in [6.07, 6.45) is 4.58. The topological polar surface area (TPSA) is 113 Å². The number of ether oxygens (including phenoxy) is 1. The Hall–Kier alpha value is -2.59. The summed E-state index contributed by atoms with van der Waals surface area (Å²) in [6, 6.07) is 7.11. The van der Waals surface area contributed by atoms with E-state index in [2.05, 4.69) is 15.4 Å². The highest BCUT2D eigenvalue weighted by molar-refractivity contribution is 6.60. The lowest BCUT2D eigenvalue weighted by Gasteiger charge is -2.29. The van der Waals surface area contributed by atoms with Crippen LogP contribution in [-0.2, 0) is 4.79 Å². The number of carbonyl (C=O) groups is 1. The summed E-state index contributed by atoms with van der Waals surface area (Å²) < 4.78 is 5.92. The Kier molecular flexibility index (Phi) is 6.78. The highest BCUT2D eigenvalue weighted by atomic mass is 35.5. The lowest BCUT2D eigenvalue weighted by Crippen LogP contribution is -2.43. The van der Waals surface area contributed by atoms with Crippen LogP contribution in [0.5, 0.6) is 5.75 Å². The predicted octanol–water partition coefficient (Wildman–Crippen LogP) is 2.03. The first kappa shape index (κ1) is 18.7. The summed E-state index contributed by atoms with van der Waals surface area (Å²) in [5.74, 6) is 5.51. The molecular formula is C17H20ClN5O2. The molecule has 7 nitrogen and oxygen atoms in total. The standard InChI is InChI=1S/C17H20ClN5O2/c1-21-10-16(23-20)17(24)22-12-3-6-13(7-4-12)25-14-5-2-11(9-19)15(18)8-14/h2,5,8,10,12-13H,3-4,6-7,20H2,1H3,(H,22,24). The molecule has 0 spiro atoms. The number of benzene rings is 1. The Morgan fingerprint density at radius 3 is 2.72 bits per heavy atom. The number of amides is 1. The fraction of sp³-hybridized carbons (Fsp3) is 0.412. The molecule has 0 unspecified atom stereocenters. The Labute approximate surface area is 151 Å². The van der Waals surface area contributed by atoms with E-state index in [9.17, 15) is 4.79 Å². The number of hydrazone groups is 1. The second kappa shape index (κ2) is 9.04. The smallest absolute Gasteiger partial charge is 0.273 e. The first-order chi connectivity index (χ1) is 12.1. The maximum Gasteiger partial charge on any atom is 0.273 e. The van der Waals surface area contributed by atoms with Crippen molar-refractivity contribution in [3.05, 3.63) is 28.8 Å². The van der Waals surface area contributed by atoms with Gasteiger partial charge in [0, 0.05) is 19.2 Å². The number of nitrogens with zero attached hydrogens (tertiary/aromatic N) is 3. The van der Waals surface area contributed by atoms with Gasteiger partial charge in [0.25, 0.3) is 5.91 Å². The van der Waals surface area contributed by atoms with Crippen molar-refractivity contribution in [2.75, 3.05) is 7.05 Å². The van der Waals surface area contributed by atoms with Crippen LogP contribution in [0.25, 0.3) is 0 Å². The minimum atomic E-state index is -0.323. The van der Waals surface area contributed by atoms with E-state index < -0.39 is 0 Å². The van der Waals surface area contributed by atoms with E-state index in [0.29, 0.717) is 16.3 Å². The van der Waals surface area contributed by atoms with Crippen LogP contribution in [0.2, 0.25) is 5.02 Å². The van der Waals surface area contributed by atoms with E-state index in [-0.39, 0.29) is 23.8 Å². The summed E-state index contributed by atoms with van der Waals surface area (Å²) in [4.78, 5) is 15.8. The number of hydrogen-bond acceptors (Lipinski definition) is 6. The second-order valence-corrected chi connectivity index (χ2v) is 6.13. The van der Waals surface area contributed by atoms with Gasteiger partial charge in [0.15, 0.2) is 5.71 Å². The number of halogens is 1. The van der Waals surface area contributed by atoms with E-state index in [4.69, 9.17) is 27.4 Å². The number of carbonyl (C=O) groups excluding carboxylic acids is 1. The fourth-order valence-electron chi connectivity index (χ4n) is 2.71. The van der Waals surface area contributed by atoms with Gasteiger partial charge in [-0.2, -0.15) is 10.4 Å². The van der Waals surface area contributed by atoms with Crippen LogP contribution in [0.1, 0.15) is 31.2 Å². The molecule has 3 N–H and O–H groups in total. The summed E-state index contributed by atoms with van der Waals surface area (Å²) >= 11 is 6.01. The third kappa shape index (κ3) is 5.19. The van der Waals surface area contributed by atoms with Gasteiger partial charge >= 0.3 is 0 Å². The molecule has 132 valence electrons. The Balaban J connectivity index is 1.84. The van der Waals surface area contributed by atoms with Gasteiger partial charge in [-0.3, -0.25) is 9.79 Å². The third-order valence-electron chi connectivity index (χ3n) is 4.00. The quantitative estimate of drug-likeness (QED) is 0.474. The van der Waals surface area contributed by atoms with E-state index in [1.807, 2.05) is 6.07 Å². The lowest BCUT2D eigenvalue weighted by molar-refractivity contribution is -0.115. The molecule has 8 heteroatoms. The zero-order valence-corrected chi connectivity index (χ0v) is 14.7. The molecule has 1 amide bonds. The van der Waals surface area contributed by atoms with Gasteiger partial charge in [-0.05, 0) is 37.8 Å². The van der Waals surface area contributed by atoms with E-state index in [1.165, 1.54) is 6.21 Å². The maximum absolute atomic E-state index is 12.0. The van der Waals surface area contributed by atoms with Crippen LogP contribution in [0, 0.1) is 11.3 Å². The maximum atomic E-state index is 12.0. The largest absolute Gasteiger partial charge is 0.490 e. The number of rotatable bonds is 5. The summed E-state index contributed by atoms with van der Waals surface area (Å²) in [5, 5.41) is 15.6. The Morgan fingerprint density at radius 1 is 1.44 bits per heavy atom. The molecule has 0 bridgehead atoms. The van der Waals surface area contributed by atoms with Crippen LogP contribution in [-0.4, -0.2) is 37.0 Å². The van der Waals surface area contributed by atoms with Crippen LogP contribution >= 0.6 is 11.6 Å². The van der Waals surface area contributed by atoms with Gasteiger partial charge in [0.05, 0.1) is 22.9 Å². The summed E-state index contributed by atoms with van der Waals surface area (Å²) in [6.45, 7) is 0. The van der Waals surface area contributed by atoms with Crippen LogP contribution in [0.3, 0.4) is 0 Å². The molecule has 1 aromatic rings. The molecular weight excluding hydrogens is 342 g/mol. The zero-order valence-electron chi connectivity index (χ0n) is 13.9. The van der Waals surface area contributed by atoms with Crippen molar-refractivity contribution < 1.29 is 9.53 Å². The van der Waals surface area contributed by atoms with E-state index >= 15 is 0 Å². The Bertz CT molecular complexity index is 718.